The molecule has 0 aliphatic carbocycles. The molecule has 0 spiro atoms. The molecule has 1 amide bonds. The summed E-state index contributed by atoms with van der Waals surface area (Å²) in [6.07, 6.45) is 3.03. The molecule has 136 valence electrons. The van der Waals surface area contributed by atoms with E-state index in [0.29, 0.717) is 10.7 Å². The zero-order chi connectivity index (χ0) is 19.2. The van der Waals surface area contributed by atoms with Gasteiger partial charge in [-0.1, -0.05) is 23.7 Å². The van der Waals surface area contributed by atoms with E-state index < -0.39 is 23.3 Å². The highest BCUT2D eigenvalue weighted by Gasteiger charge is 2.30. The number of amides is 1. The first-order chi connectivity index (χ1) is 13.1. The average molecular weight is 382 g/mol. The summed E-state index contributed by atoms with van der Waals surface area (Å²) in [6, 6.07) is 14.6. The van der Waals surface area contributed by atoms with Gasteiger partial charge in [-0.25, -0.2) is 0 Å². The van der Waals surface area contributed by atoms with Crippen molar-refractivity contribution in [2.75, 3.05) is 0 Å². The molecule has 0 saturated carbocycles. The molecule has 0 aliphatic heterocycles. The van der Waals surface area contributed by atoms with E-state index in [1.165, 1.54) is 24.4 Å². The van der Waals surface area contributed by atoms with Crippen LogP contribution in [0.3, 0.4) is 0 Å². The number of hydrogen-bond acceptors (Lipinski definition) is 4. The van der Waals surface area contributed by atoms with Crippen LogP contribution in [0.15, 0.2) is 77.9 Å². The predicted octanol–water partition coefficient (Wildman–Crippen LogP) is 2.64. The second-order valence-corrected chi connectivity index (χ2v) is 6.20. The number of benzene rings is 1. The third-order valence-corrected chi connectivity index (χ3v) is 4.18. The molecule has 1 atom stereocenters. The number of carbonyl (C=O) groups excluding carboxylic acids is 2. The fraction of sp³-hybridized carbons (Fsp3) is 0.100. The van der Waals surface area contributed by atoms with E-state index in [1.807, 2.05) is 0 Å². The van der Waals surface area contributed by atoms with Crippen molar-refractivity contribution in [3.63, 3.8) is 0 Å². The van der Waals surface area contributed by atoms with Gasteiger partial charge in [-0.15, -0.1) is 0 Å². The van der Waals surface area contributed by atoms with Crippen LogP contribution in [0, 0.1) is 0 Å². The number of Topliss-reactive ketones (excluding diaryl/α,β-unsaturated/α-hetero) is 1. The van der Waals surface area contributed by atoms with E-state index in [9.17, 15) is 14.4 Å². The summed E-state index contributed by atoms with van der Waals surface area (Å²) in [7, 11) is 0. The number of nitrogens with zero attached hydrogens (tertiary/aromatic N) is 2. The molecule has 0 bridgehead atoms. The van der Waals surface area contributed by atoms with E-state index >= 15 is 0 Å². The van der Waals surface area contributed by atoms with E-state index in [2.05, 4.69) is 10.3 Å². The lowest BCUT2D eigenvalue weighted by atomic mass is 10.0. The smallest absolute Gasteiger partial charge is 0.251 e. The molecule has 1 aromatic carbocycles. The van der Waals surface area contributed by atoms with E-state index in [0.717, 1.165) is 4.57 Å². The number of aromatic nitrogens is 2. The zero-order valence-electron chi connectivity index (χ0n) is 14.2. The summed E-state index contributed by atoms with van der Waals surface area (Å²) in [5, 5.41) is 3.15. The second-order valence-electron chi connectivity index (χ2n) is 5.76. The largest absolute Gasteiger partial charge is 0.348 e. The number of rotatable bonds is 6. The molecule has 1 unspecified atom stereocenters. The fourth-order valence-electron chi connectivity index (χ4n) is 2.57. The van der Waals surface area contributed by atoms with Crippen molar-refractivity contribution in [1.29, 1.82) is 0 Å². The Morgan fingerprint density at radius 1 is 1.04 bits per heavy atom. The number of pyridine rings is 2. The minimum absolute atomic E-state index is 0.144. The van der Waals surface area contributed by atoms with E-state index in [1.54, 1.807) is 48.7 Å². The summed E-state index contributed by atoms with van der Waals surface area (Å²) in [4.78, 5) is 42.1. The summed E-state index contributed by atoms with van der Waals surface area (Å²) in [6.45, 7) is 0.144. The van der Waals surface area contributed by atoms with Crippen LogP contribution in [0.5, 0.6) is 0 Å². The first-order valence-corrected chi connectivity index (χ1v) is 8.58. The van der Waals surface area contributed by atoms with Crippen LogP contribution in [-0.4, -0.2) is 21.2 Å². The Bertz CT molecular complexity index is 1000. The minimum atomic E-state index is -1.33. The zero-order valence-corrected chi connectivity index (χ0v) is 15.0. The Labute approximate surface area is 160 Å². The quantitative estimate of drug-likeness (QED) is 0.525. The lowest BCUT2D eigenvalue weighted by Gasteiger charge is -2.18. The Hall–Kier alpha value is -3.25. The molecule has 7 heteroatoms. The monoisotopic (exact) mass is 381 g/mol. The summed E-state index contributed by atoms with van der Waals surface area (Å²) >= 11 is 5.87. The van der Waals surface area contributed by atoms with Crippen molar-refractivity contribution in [2.24, 2.45) is 0 Å². The highest BCUT2D eigenvalue weighted by molar-refractivity contribution is 6.30. The third-order valence-electron chi connectivity index (χ3n) is 3.92. The van der Waals surface area contributed by atoms with E-state index in [4.69, 9.17) is 11.6 Å². The van der Waals surface area contributed by atoms with Crippen molar-refractivity contribution in [3.8, 4) is 0 Å². The lowest BCUT2D eigenvalue weighted by Crippen LogP contribution is -2.41. The molecule has 1 N–H and O–H groups in total. The molecule has 3 rings (SSSR count). The fourth-order valence-corrected chi connectivity index (χ4v) is 2.70. The number of nitrogens with one attached hydrogen (secondary N) is 1. The molecule has 2 heterocycles. The van der Waals surface area contributed by atoms with Crippen LogP contribution >= 0.6 is 11.6 Å². The molecule has 0 saturated heterocycles. The molecule has 0 radical (unpaired) electrons. The summed E-state index contributed by atoms with van der Waals surface area (Å²) in [5.74, 6) is -1.09. The number of carbonyl (C=O) groups is 2. The van der Waals surface area contributed by atoms with E-state index in [-0.39, 0.29) is 12.1 Å². The Morgan fingerprint density at radius 3 is 2.44 bits per heavy atom. The molecule has 27 heavy (non-hydrogen) atoms. The SMILES string of the molecule is O=C(NCc1ccccn1)C(C(=O)c1ccc(Cl)cc1)n1ccccc1=O. The molecular formula is C20H16ClN3O3. The standard InChI is InChI=1S/C20H16ClN3O3/c21-15-9-7-14(8-10-15)19(26)18(24-12-4-2-6-17(24)25)20(27)23-13-16-5-1-3-11-22-16/h1-12,18H,13H2,(H,23,27). The molecular weight excluding hydrogens is 366 g/mol. The maximum atomic E-state index is 13.0. The third kappa shape index (κ3) is 4.48. The van der Waals surface area contributed by atoms with Crippen LogP contribution in [0.4, 0.5) is 0 Å². The topological polar surface area (TPSA) is 81.1 Å². The van der Waals surface area contributed by atoms with Crippen molar-refractivity contribution < 1.29 is 9.59 Å². The van der Waals surface area contributed by atoms with Gasteiger partial charge >= 0.3 is 0 Å². The first kappa shape index (κ1) is 18.5. The van der Waals surface area contributed by atoms with Crippen LogP contribution < -0.4 is 10.9 Å². The number of ketones is 1. The van der Waals surface area contributed by atoms with Gasteiger partial charge in [0.2, 0.25) is 0 Å². The maximum absolute atomic E-state index is 13.0. The Kier molecular flexibility index (Phi) is 5.78. The highest BCUT2D eigenvalue weighted by Crippen LogP contribution is 2.17. The summed E-state index contributed by atoms with van der Waals surface area (Å²) in [5.41, 5.74) is 0.481. The van der Waals surface area contributed by atoms with Gasteiger partial charge in [0.15, 0.2) is 11.8 Å². The van der Waals surface area contributed by atoms with Gasteiger partial charge in [0.25, 0.3) is 11.5 Å². The van der Waals surface area contributed by atoms with Crippen molar-refractivity contribution in [2.45, 2.75) is 12.6 Å². The number of hydrogen-bond donors (Lipinski definition) is 1. The van der Waals surface area contributed by atoms with Gasteiger partial charge in [-0.05, 0) is 42.5 Å². The van der Waals surface area contributed by atoms with Crippen molar-refractivity contribution in [1.82, 2.24) is 14.9 Å². The first-order valence-electron chi connectivity index (χ1n) is 8.21. The van der Waals surface area contributed by atoms with Gasteiger partial charge in [0.05, 0.1) is 12.2 Å². The number of halogens is 1. The molecule has 2 aromatic heterocycles. The van der Waals surface area contributed by atoms with Gasteiger partial charge in [-0.2, -0.15) is 0 Å². The summed E-state index contributed by atoms with van der Waals surface area (Å²) < 4.78 is 1.12. The van der Waals surface area contributed by atoms with Crippen LogP contribution in [0.25, 0.3) is 0 Å². The van der Waals surface area contributed by atoms with Gasteiger partial charge < -0.3 is 5.32 Å². The Balaban J connectivity index is 1.91. The van der Waals surface area contributed by atoms with Crippen LogP contribution in [0.1, 0.15) is 22.1 Å². The average Bonchev–Trinajstić information content (AvgIpc) is 2.69. The van der Waals surface area contributed by atoms with Crippen molar-refractivity contribution >= 4 is 23.3 Å². The van der Waals surface area contributed by atoms with Gasteiger partial charge in [0, 0.05) is 29.0 Å². The molecule has 3 aromatic rings. The molecule has 0 aliphatic rings. The molecule has 0 fully saturated rings. The van der Waals surface area contributed by atoms with Crippen LogP contribution in [-0.2, 0) is 11.3 Å². The van der Waals surface area contributed by atoms with Gasteiger partial charge in [-0.3, -0.25) is 23.9 Å². The lowest BCUT2D eigenvalue weighted by molar-refractivity contribution is -0.123. The second kappa shape index (κ2) is 8.42. The predicted molar refractivity (Wildman–Crippen MR) is 102 cm³/mol. The maximum Gasteiger partial charge on any atom is 0.251 e. The van der Waals surface area contributed by atoms with Crippen LogP contribution in [0.2, 0.25) is 5.02 Å². The minimum Gasteiger partial charge on any atom is -0.348 e. The highest BCUT2D eigenvalue weighted by atomic mass is 35.5. The molecule has 6 nitrogen and oxygen atoms in total. The Morgan fingerprint density at radius 2 is 1.78 bits per heavy atom. The normalized spacial score (nSPS) is 11.6. The van der Waals surface area contributed by atoms with Gasteiger partial charge in [0.1, 0.15) is 0 Å². The van der Waals surface area contributed by atoms with Crippen molar-refractivity contribution in [3.05, 3.63) is 99.7 Å².